The van der Waals surface area contributed by atoms with Crippen LogP contribution in [0.15, 0.2) is 41.2 Å². The van der Waals surface area contributed by atoms with E-state index in [1.807, 2.05) is 38.1 Å². The SMILES string of the molecule is C#C.CC.CC(C)C.COc1ccc2nc3c(cc2c1)Cn1c-3cc([C@@H]2OCOC2=O)cc1=O. The highest BCUT2D eigenvalue weighted by Gasteiger charge is 2.32. The molecule has 1 saturated heterocycles. The Morgan fingerprint density at radius 3 is 2.35 bits per heavy atom. The van der Waals surface area contributed by atoms with Crippen molar-refractivity contribution in [2.45, 2.75) is 47.3 Å². The van der Waals surface area contributed by atoms with Gasteiger partial charge in [-0.2, -0.15) is 0 Å². The molecule has 34 heavy (non-hydrogen) atoms. The van der Waals surface area contributed by atoms with E-state index in [0.717, 1.165) is 33.8 Å². The Morgan fingerprint density at radius 2 is 1.76 bits per heavy atom. The summed E-state index contributed by atoms with van der Waals surface area (Å²) in [6, 6.07) is 10.9. The number of cyclic esters (lactones) is 1. The van der Waals surface area contributed by atoms with Gasteiger partial charge in [0.25, 0.3) is 5.56 Å². The molecule has 5 rings (SSSR count). The van der Waals surface area contributed by atoms with Crippen LogP contribution in [0.5, 0.6) is 5.75 Å². The molecule has 0 aliphatic carbocycles. The van der Waals surface area contributed by atoms with Crippen LogP contribution < -0.4 is 10.3 Å². The topological polar surface area (TPSA) is 79.7 Å². The second kappa shape index (κ2) is 12.0. The molecule has 3 aromatic rings. The van der Waals surface area contributed by atoms with E-state index in [4.69, 9.17) is 19.2 Å². The van der Waals surface area contributed by atoms with Crippen molar-refractivity contribution < 1.29 is 19.0 Å². The van der Waals surface area contributed by atoms with Crippen molar-refractivity contribution in [2.75, 3.05) is 13.9 Å². The molecule has 2 aromatic heterocycles. The lowest BCUT2D eigenvalue weighted by Gasteiger charge is -2.09. The van der Waals surface area contributed by atoms with Crippen LogP contribution in [0.1, 0.15) is 51.8 Å². The molecule has 4 heterocycles. The maximum Gasteiger partial charge on any atom is 0.342 e. The highest BCUT2D eigenvalue weighted by molar-refractivity contribution is 5.85. The van der Waals surface area contributed by atoms with Crippen molar-refractivity contribution in [1.29, 1.82) is 0 Å². The number of fused-ring (bicyclic) bond motifs is 4. The number of benzene rings is 1. The van der Waals surface area contributed by atoms with Crippen LogP contribution in [-0.4, -0.2) is 29.4 Å². The van der Waals surface area contributed by atoms with Crippen molar-refractivity contribution in [3.8, 4) is 30.0 Å². The van der Waals surface area contributed by atoms with E-state index < -0.39 is 12.1 Å². The molecular weight excluding hydrogens is 432 g/mol. The molecule has 2 aliphatic heterocycles. The summed E-state index contributed by atoms with van der Waals surface area (Å²) in [5, 5.41) is 0.951. The van der Waals surface area contributed by atoms with E-state index >= 15 is 0 Å². The summed E-state index contributed by atoms with van der Waals surface area (Å²) in [5.74, 6) is 1.11. The number of aromatic nitrogens is 2. The van der Waals surface area contributed by atoms with Crippen molar-refractivity contribution in [2.24, 2.45) is 5.92 Å². The molecule has 0 radical (unpaired) electrons. The van der Waals surface area contributed by atoms with Crippen LogP contribution in [0.2, 0.25) is 0 Å². The minimum absolute atomic E-state index is 0.0940. The standard InChI is InChI=1S/C19H14N2O5.C4H10.C2H6.C2H2/c1-24-13-2-3-14-10(5-13)4-12-8-21-15(17(12)20-14)6-11(7-16(21)22)18-19(23)26-9-25-18;1-4(2)3;2*1-2/h2-7,18H,8-9H2,1H3;4H,1-3H3;1-2H3;1-2H/t18-;;;/m0.../s1. The summed E-state index contributed by atoms with van der Waals surface area (Å²) in [6.45, 7) is 10.9. The molecule has 0 bridgehead atoms. The van der Waals surface area contributed by atoms with E-state index in [1.165, 1.54) is 6.07 Å². The van der Waals surface area contributed by atoms with Crippen molar-refractivity contribution >= 4 is 16.9 Å². The van der Waals surface area contributed by atoms with Gasteiger partial charge in [-0.3, -0.25) is 4.79 Å². The van der Waals surface area contributed by atoms with Gasteiger partial charge in [-0.1, -0.05) is 34.6 Å². The third kappa shape index (κ3) is 5.64. The Bertz CT molecular complexity index is 1220. The molecule has 2 aliphatic rings. The van der Waals surface area contributed by atoms with Crippen molar-refractivity contribution in [1.82, 2.24) is 9.55 Å². The molecule has 0 amide bonds. The van der Waals surface area contributed by atoms with Crippen LogP contribution in [0.3, 0.4) is 0 Å². The normalized spacial score (nSPS) is 15.0. The van der Waals surface area contributed by atoms with E-state index in [2.05, 4.69) is 33.6 Å². The lowest BCUT2D eigenvalue weighted by atomic mass is 10.1. The zero-order valence-corrected chi connectivity index (χ0v) is 20.6. The van der Waals surface area contributed by atoms with Crippen LogP contribution in [0.4, 0.5) is 0 Å². The average molecular weight is 465 g/mol. The zero-order valence-electron chi connectivity index (χ0n) is 20.6. The van der Waals surface area contributed by atoms with Gasteiger partial charge in [-0.25, -0.2) is 9.78 Å². The second-order valence-corrected chi connectivity index (χ2v) is 8.01. The quantitative estimate of drug-likeness (QED) is 0.309. The summed E-state index contributed by atoms with van der Waals surface area (Å²) in [4.78, 5) is 29.1. The number of carbonyl (C=O) groups excluding carboxylic acids is 1. The molecule has 0 unspecified atom stereocenters. The molecule has 0 spiro atoms. The van der Waals surface area contributed by atoms with Crippen LogP contribution in [0, 0.1) is 18.8 Å². The molecule has 0 saturated carbocycles. The Labute approximate surface area is 200 Å². The third-order valence-corrected chi connectivity index (χ3v) is 4.77. The van der Waals surface area contributed by atoms with Crippen LogP contribution >= 0.6 is 0 Å². The van der Waals surface area contributed by atoms with Gasteiger partial charge in [0.1, 0.15) is 5.75 Å². The number of nitrogens with zero attached hydrogens (tertiary/aromatic N) is 2. The maximum atomic E-state index is 12.6. The summed E-state index contributed by atoms with van der Waals surface area (Å²) in [5.41, 5.74) is 3.49. The van der Waals surface area contributed by atoms with Gasteiger partial charge in [0.05, 0.1) is 30.6 Å². The Kier molecular flexibility index (Phi) is 9.40. The zero-order chi connectivity index (χ0) is 25.4. The van der Waals surface area contributed by atoms with Gasteiger partial charge in [0, 0.05) is 17.0 Å². The number of terminal acetylenes is 1. The minimum atomic E-state index is -0.859. The van der Waals surface area contributed by atoms with Gasteiger partial charge in [0.15, 0.2) is 12.9 Å². The van der Waals surface area contributed by atoms with Crippen molar-refractivity contribution in [3.05, 3.63) is 57.9 Å². The third-order valence-electron chi connectivity index (χ3n) is 4.77. The number of esters is 1. The lowest BCUT2D eigenvalue weighted by Crippen LogP contribution is -2.20. The Balaban J connectivity index is 0.000000456. The molecule has 1 fully saturated rings. The second-order valence-electron chi connectivity index (χ2n) is 8.01. The Morgan fingerprint density at radius 1 is 1.09 bits per heavy atom. The first kappa shape index (κ1) is 26.6. The predicted octanol–water partition coefficient (Wildman–Crippen LogP) is 4.94. The Hall–Kier alpha value is -3.63. The van der Waals surface area contributed by atoms with Gasteiger partial charge in [-0.05, 0) is 41.8 Å². The van der Waals surface area contributed by atoms with E-state index in [9.17, 15) is 9.59 Å². The van der Waals surface area contributed by atoms with Crippen molar-refractivity contribution in [3.63, 3.8) is 0 Å². The fourth-order valence-electron chi connectivity index (χ4n) is 3.50. The fraction of sp³-hybridized carbons (Fsp3) is 0.370. The first-order valence-electron chi connectivity index (χ1n) is 11.2. The smallest absolute Gasteiger partial charge is 0.342 e. The molecule has 7 nitrogen and oxygen atoms in total. The maximum absolute atomic E-state index is 12.6. The average Bonchev–Trinajstić information content (AvgIpc) is 3.43. The van der Waals surface area contributed by atoms with Gasteiger partial charge < -0.3 is 18.8 Å². The first-order chi connectivity index (χ1) is 16.4. The summed E-state index contributed by atoms with van der Waals surface area (Å²) < 4.78 is 17.0. The first-order valence-corrected chi connectivity index (χ1v) is 11.2. The molecule has 1 aromatic carbocycles. The molecular formula is C27H32N2O5. The van der Waals surface area contributed by atoms with Crippen LogP contribution in [-0.2, 0) is 20.8 Å². The molecule has 180 valence electrons. The number of hydrogen-bond acceptors (Lipinski definition) is 6. The largest absolute Gasteiger partial charge is 0.497 e. The van der Waals surface area contributed by atoms with E-state index in [1.54, 1.807) is 17.7 Å². The number of hydrogen-bond donors (Lipinski definition) is 0. The van der Waals surface area contributed by atoms with E-state index in [-0.39, 0.29) is 12.4 Å². The van der Waals surface area contributed by atoms with Gasteiger partial charge in [0.2, 0.25) is 0 Å². The van der Waals surface area contributed by atoms with E-state index in [0.29, 0.717) is 17.8 Å². The number of ether oxygens (including phenoxy) is 3. The van der Waals surface area contributed by atoms with Gasteiger partial charge >= 0.3 is 5.97 Å². The molecule has 0 N–H and O–H groups in total. The van der Waals surface area contributed by atoms with Gasteiger partial charge in [-0.15, -0.1) is 12.8 Å². The highest BCUT2D eigenvalue weighted by Crippen LogP contribution is 2.34. The minimum Gasteiger partial charge on any atom is -0.497 e. The fourth-order valence-corrected chi connectivity index (χ4v) is 3.50. The summed E-state index contributed by atoms with van der Waals surface area (Å²) in [7, 11) is 1.62. The summed E-state index contributed by atoms with van der Waals surface area (Å²) >= 11 is 0. The monoisotopic (exact) mass is 464 g/mol. The molecule has 1 atom stereocenters. The highest BCUT2D eigenvalue weighted by atomic mass is 16.7. The van der Waals surface area contributed by atoms with Crippen LogP contribution in [0.25, 0.3) is 22.3 Å². The summed E-state index contributed by atoms with van der Waals surface area (Å²) in [6.07, 6.45) is 7.14. The number of rotatable bonds is 2. The predicted molar refractivity (Wildman–Crippen MR) is 134 cm³/mol. The lowest BCUT2D eigenvalue weighted by molar-refractivity contribution is -0.139. The number of pyridine rings is 2. The number of carbonyl (C=O) groups is 1. The molecule has 7 heteroatoms. The number of methoxy groups -OCH3 is 1.